The van der Waals surface area contributed by atoms with Gasteiger partial charge in [0.2, 0.25) is 0 Å². The molecule has 0 spiro atoms. The van der Waals surface area contributed by atoms with E-state index in [4.69, 9.17) is 9.72 Å². The second-order valence-electron chi connectivity index (χ2n) is 13.5. The second kappa shape index (κ2) is 12.1. The van der Waals surface area contributed by atoms with Crippen LogP contribution in [0.1, 0.15) is 88.7 Å². The van der Waals surface area contributed by atoms with E-state index >= 15 is 0 Å². The van der Waals surface area contributed by atoms with Gasteiger partial charge in [-0.25, -0.2) is 9.78 Å². The fourth-order valence-electron chi connectivity index (χ4n) is 8.60. The summed E-state index contributed by atoms with van der Waals surface area (Å²) in [4.78, 5) is 35.3. The van der Waals surface area contributed by atoms with Crippen molar-refractivity contribution in [2.75, 3.05) is 26.7 Å². The van der Waals surface area contributed by atoms with Crippen molar-refractivity contribution in [1.82, 2.24) is 19.4 Å². The van der Waals surface area contributed by atoms with Crippen molar-refractivity contribution >= 4 is 22.9 Å². The molecule has 4 aromatic rings. The Bertz CT molecular complexity index is 1690. The molecule has 7 rings (SSSR count). The van der Waals surface area contributed by atoms with Gasteiger partial charge in [0.1, 0.15) is 5.82 Å². The summed E-state index contributed by atoms with van der Waals surface area (Å²) >= 11 is 0. The third kappa shape index (κ3) is 5.56. The van der Waals surface area contributed by atoms with Crippen LogP contribution in [-0.2, 0) is 10.2 Å². The van der Waals surface area contributed by atoms with Crippen molar-refractivity contribution in [3.8, 4) is 0 Å². The summed E-state index contributed by atoms with van der Waals surface area (Å²) in [5.74, 6) is 0.694. The highest BCUT2D eigenvalue weighted by Crippen LogP contribution is 2.45. The number of carbonyl (C=O) groups excluding carboxylic acids is 2. The Kier molecular flexibility index (Phi) is 7.98. The van der Waals surface area contributed by atoms with Crippen molar-refractivity contribution in [2.24, 2.45) is 0 Å². The van der Waals surface area contributed by atoms with E-state index in [9.17, 15) is 9.59 Å². The van der Waals surface area contributed by atoms with Gasteiger partial charge in [-0.05, 0) is 107 Å². The van der Waals surface area contributed by atoms with Crippen LogP contribution in [0.4, 0.5) is 0 Å². The average molecular weight is 605 g/mol. The summed E-state index contributed by atoms with van der Waals surface area (Å²) in [5.41, 5.74) is 6.02. The molecule has 1 amide bonds. The molecule has 3 aliphatic heterocycles. The number of methoxy groups -OCH3 is 1. The molecule has 3 atom stereocenters. The number of benzene rings is 3. The van der Waals surface area contributed by atoms with Gasteiger partial charge in [0.15, 0.2) is 0 Å². The monoisotopic (exact) mass is 604 g/mol. The molecule has 0 saturated carbocycles. The fourth-order valence-corrected chi connectivity index (χ4v) is 8.60. The van der Waals surface area contributed by atoms with Crippen LogP contribution in [0.15, 0.2) is 72.8 Å². The van der Waals surface area contributed by atoms with Crippen LogP contribution in [0.25, 0.3) is 11.0 Å². The Balaban J connectivity index is 1.06. The number of hydrogen-bond donors (Lipinski definition) is 0. The normalized spacial score (nSPS) is 22.9. The molecule has 0 N–H and O–H groups in total. The third-order valence-corrected chi connectivity index (χ3v) is 11.0. The first-order chi connectivity index (χ1) is 21.8. The summed E-state index contributed by atoms with van der Waals surface area (Å²) < 4.78 is 7.39. The van der Waals surface area contributed by atoms with Crippen LogP contribution in [0.3, 0.4) is 0 Å². The maximum atomic E-state index is 13.5. The number of piperidine rings is 2. The molecule has 2 bridgehead atoms. The number of likely N-dealkylation sites (tertiary alicyclic amines) is 1. The molecule has 7 heteroatoms. The number of aryl methyl sites for hydroxylation is 2. The molecule has 0 aliphatic carbocycles. The van der Waals surface area contributed by atoms with E-state index in [-0.39, 0.29) is 11.3 Å². The van der Waals surface area contributed by atoms with Crippen molar-refractivity contribution in [3.05, 3.63) is 101 Å². The van der Waals surface area contributed by atoms with Crippen molar-refractivity contribution in [2.45, 2.75) is 82.3 Å². The van der Waals surface area contributed by atoms with Crippen LogP contribution in [0, 0.1) is 13.8 Å². The van der Waals surface area contributed by atoms with Crippen LogP contribution in [-0.4, -0.2) is 70.1 Å². The van der Waals surface area contributed by atoms with Crippen LogP contribution < -0.4 is 0 Å². The molecule has 3 aromatic carbocycles. The number of amides is 1. The van der Waals surface area contributed by atoms with Crippen LogP contribution in [0.2, 0.25) is 0 Å². The Labute approximate surface area is 266 Å². The lowest BCUT2D eigenvalue weighted by Crippen LogP contribution is -2.49. The number of aromatic nitrogens is 2. The highest BCUT2D eigenvalue weighted by molar-refractivity contribution is 5.98. The molecule has 1 unspecified atom stereocenters. The average Bonchev–Trinajstić information content (AvgIpc) is 3.53. The van der Waals surface area contributed by atoms with Crippen molar-refractivity contribution in [1.29, 1.82) is 0 Å². The van der Waals surface area contributed by atoms with Crippen LogP contribution >= 0.6 is 0 Å². The number of ether oxygens (including phenoxy) is 1. The lowest BCUT2D eigenvalue weighted by molar-refractivity contribution is 0.0600. The number of fused-ring (bicyclic) bond motifs is 3. The van der Waals surface area contributed by atoms with E-state index in [1.54, 1.807) is 24.3 Å². The predicted molar refractivity (Wildman–Crippen MR) is 177 cm³/mol. The molecular formula is C38H44N4O3. The minimum atomic E-state index is -0.423. The van der Waals surface area contributed by atoms with Gasteiger partial charge in [-0.1, -0.05) is 48.0 Å². The first-order valence-corrected chi connectivity index (χ1v) is 16.6. The van der Waals surface area contributed by atoms with E-state index in [0.29, 0.717) is 42.3 Å². The molecule has 1 aromatic heterocycles. The maximum absolute atomic E-state index is 13.5. The Hall–Kier alpha value is -3.97. The van der Waals surface area contributed by atoms with E-state index in [2.05, 4.69) is 71.8 Å². The summed E-state index contributed by atoms with van der Waals surface area (Å²) in [6, 6.07) is 26.3. The Morgan fingerprint density at radius 1 is 0.867 bits per heavy atom. The van der Waals surface area contributed by atoms with E-state index in [1.165, 1.54) is 49.4 Å². The largest absolute Gasteiger partial charge is 0.465 e. The maximum Gasteiger partial charge on any atom is 0.337 e. The van der Waals surface area contributed by atoms with Gasteiger partial charge >= 0.3 is 5.97 Å². The van der Waals surface area contributed by atoms with Gasteiger partial charge < -0.3 is 14.2 Å². The quantitative estimate of drug-likeness (QED) is 0.215. The second-order valence-corrected chi connectivity index (χ2v) is 13.5. The van der Waals surface area contributed by atoms with Crippen molar-refractivity contribution in [3.63, 3.8) is 0 Å². The fraction of sp³-hybridized carbons (Fsp3) is 0.447. The molecule has 7 nitrogen and oxygen atoms in total. The first-order valence-electron chi connectivity index (χ1n) is 16.6. The van der Waals surface area contributed by atoms with Gasteiger partial charge in [-0.2, -0.15) is 0 Å². The number of para-hydroxylation sites is 2. The zero-order valence-corrected chi connectivity index (χ0v) is 26.7. The predicted octanol–water partition coefficient (Wildman–Crippen LogP) is 6.87. The molecule has 234 valence electrons. The molecule has 0 radical (unpaired) electrons. The topological polar surface area (TPSA) is 67.7 Å². The summed E-state index contributed by atoms with van der Waals surface area (Å²) in [5, 5.41) is 0. The number of carbonyl (C=O) groups is 2. The summed E-state index contributed by atoms with van der Waals surface area (Å²) in [6.07, 6.45) is 7.88. The Morgan fingerprint density at radius 2 is 1.56 bits per heavy atom. The SMILES string of the molecule is COC(=O)c1cccc(C(=O)N2CCC(CCN3[C@@H]4CC[C@H]3CC(n3c(C)nc5ccccc53)C4)(c3ccc(C)cc3)CC2)c1. The molecule has 3 aliphatic rings. The van der Waals surface area contributed by atoms with Gasteiger partial charge in [0.05, 0.1) is 23.7 Å². The number of nitrogens with zero attached hydrogens (tertiary/aromatic N) is 4. The van der Waals surface area contributed by atoms with E-state index in [0.717, 1.165) is 37.1 Å². The molecule has 45 heavy (non-hydrogen) atoms. The number of rotatable bonds is 7. The van der Waals surface area contributed by atoms with Crippen LogP contribution in [0.5, 0.6) is 0 Å². The Morgan fingerprint density at radius 3 is 2.27 bits per heavy atom. The summed E-state index contributed by atoms with van der Waals surface area (Å²) in [6.45, 7) is 6.81. The first kappa shape index (κ1) is 29.7. The minimum absolute atomic E-state index is 0.0132. The smallest absolute Gasteiger partial charge is 0.337 e. The third-order valence-electron chi connectivity index (χ3n) is 11.0. The number of imidazole rings is 1. The van der Waals surface area contributed by atoms with Gasteiger partial charge in [0, 0.05) is 36.8 Å². The zero-order valence-electron chi connectivity index (χ0n) is 26.7. The molecule has 3 saturated heterocycles. The lowest BCUT2D eigenvalue weighted by Gasteiger charge is -2.45. The lowest BCUT2D eigenvalue weighted by atomic mass is 9.70. The van der Waals surface area contributed by atoms with E-state index in [1.807, 2.05) is 4.90 Å². The standard InChI is InChI=1S/C38H44N4O3/c1-26-11-13-30(14-12-26)38(17-20-40(21-18-38)36(43)28-7-6-8-29(23-28)37(44)45-3)19-22-41-31-15-16-32(41)25-33(24-31)42-27(2)39-34-9-4-5-10-35(34)42/h4-14,23,31-33H,15-22,24-25H2,1-3H3/t31-,32+,33?. The number of esters is 1. The van der Waals surface area contributed by atoms with Gasteiger partial charge in [-0.3, -0.25) is 9.69 Å². The number of hydrogen-bond acceptors (Lipinski definition) is 5. The molecule has 4 heterocycles. The van der Waals surface area contributed by atoms with E-state index < -0.39 is 5.97 Å². The van der Waals surface area contributed by atoms with Gasteiger partial charge in [-0.15, -0.1) is 0 Å². The summed E-state index contributed by atoms with van der Waals surface area (Å²) in [7, 11) is 1.36. The minimum Gasteiger partial charge on any atom is -0.465 e. The molecule has 3 fully saturated rings. The molecular weight excluding hydrogens is 560 g/mol. The zero-order chi connectivity index (χ0) is 31.1. The van der Waals surface area contributed by atoms with Gasteiger partial charge in [0.25, 0.3) is 5.91 Å². The van der Waals surface area contributed by atoms with Crippen molar-refractivity contribution < 1.29 is 14.3 Å². The highest BCUT2D eigenvalue weighted by Gasteiger charge is 2.44. The highest BCUT2D eigenvalue weighted by atomic mass is 16.5.